The number of nitrogens with one attached hydrogen (secondary N) is 1. The smallest absolute Gasteiger partial charge is 0.241 e. The highest BCUT2D eigenvalue weighted by Gasteiger charge is 2.21. The summed E-state index contributed by atoms with van der Waals surface area (Å²) in [5.41, 5.74) is 1.21. The quantitative estimate of drug-likeness (QED) is 0.761. The fraction of sp³-hybridized carbons (Fsp3) is 0.538. The lowest BCUT2D eigenvalue weighted by Gasteiger charge is -2.16. The Morgan fingerprint density at radius 2 is 2.10 bits per heavy atom. The van der Waals surface area contributed by atoms with Gasteiger partial charge in [0.15, 0.2) is 0 Å². The van der Waals surface area contributed by atoms with E-state index in [4.69, 9.17) is 0 Å². The second kappa shape index (κ2) is 7.79. The predicted octanol–water partition coefficient (Wildman–Crippen LogP) is 2.67. The Labute approximate surface area is 133 Å². The average molecular weight is 382 g/mol. The maximum Gasteiger partial charge on any atom is 0.241 e. The third-order valence-electron chi connectivity index (χ3n) is 2.94. The largest absolute Gasteiger partial charge is 0.392 e. The Morgan fingerprint density at radius 3 is 2.65 bits per heavy atom. The summed E-state index contributed by atoms with van der Waals surface area (Å²) in [4.78, 5) is 0.215. The molecular formula is C13H20BrNO3S2. The van der Waals surface area contributed by atoms with Crippen molar-refractivity contribution in [1.29, 1.82) is 0 Å². The van der Waals surface area contributed by atoms with Crippen LogP contribution in [0.25, 0.3) is 0 Å². The molecule has 0 aliphatic rings. The molecule has 1 unspecified atom stereocenters. The zero-order chi connectivity index (χ0) is 15.3. The Hall–Kier alpha value is -0.0800. The Bertz CT molecular complexity index is 561. The van der Waals surface area contributed by atoms with Crippen molar-refractivity contribution in [2.75, 3.05) is 12.0 Å². The van der Waals surface area contributed by atoms with Gasteiger partial charge in [-0.2, -0.15) is 11.8 Å². The molecule has 20 heavy (non-hydrogen) atoms. The summed E-state index contributed by atoms with van der Waals surface area (Å²) in [6, 6.07) is 3.12. The maximum atomic E-state index is 12.4. The van der Waals surface area contributed by atoms with E-state index in [0.717, 1.165) is 12.2 Å². The zero-order valence-corrected chi connectivity index (χ0v) is 15.0. The third-order valence-corrected chi connectivity index (χ3v) is 6.12. The topological polar surface area (TPSA) is 66.4 Å². The SMILES string of the molecule is CSCCC(C)NS(=O)(=O)c1cc(CO)cc(Br)c1C. The number of sulfonamides is 1. The normalized spacial score (nSPS) is 13.4. The van der Waals surface area contributed by atoms with E-state index in [1.54, 1.807) is 24.8 Å². The van der Waals surface area contributed by atoms with Crippen LogP contribution in [-0.4, -0.2) is 31.6 Å². The minimum atomic E-state index is -3.58. The van der Waals surface area contributed by atoms with E-state index < -0.39 is 10.0 Å². The number of halogens is 1. The van der Waals surface area contributed by atoms with Crippen LogP contribution in [0.4, 0.5) is 0 Å². The van der Waals surface area contributed by atoms with Gasteiger partial charge in [-0.15, -0.1) is 0 Å². The van der Waals surface area contributed by atoms with E-state index in [1.165, 1.54) is 6.07 Å². The summed E-state index contributed by atoms with van der Waals surface area (Å²) in [7, 11) is -3.58. The minimum Gasteiger partial charge on any atom is -0.392 e. The van der Waals surface area contributed by atoms with E-state index in [1.807, 2.05) is 13.2 Å². The monoisotopic (exact) mass is 381 g/mol. The Balaban J connectivity index is 3.06. The number of benzene rings is 1. The van der Waals surface area contributed by atoms with Gasteiger partial charge in [-0.25, -0.2) is 13.1 Å². The third kappa shape index (κ3) is 4.73. The first-order valence-corrected chi connectivity index (χ1v) is 9.90. The molecule has 0 saturated heterocycles. The molecule has 1 aromatic carbocycles. The first-order chi connectivity index (χ1) is 9.31. The van der Waals surface area contributed by atoms with E-state index in [9.17, 15) is 13.5 Å². The van der Waals surface area contributed by atoms with Crippen LogP contribution in [0.3, 0.4) is 0 Å². The van der Waals surface area contributed by atoms with Crippen LogP contribution in [0.5, 0.6) is 0 Å². The number of hydrogen-bond donors (Lipinski definition) is 2. The van der Waals surface area contributed by atoms with E-state index >= 15 is 0 Å². The van der Waals surface area contributed by atoms with Gasteiger partial charge in [0.25, 0.3) is 0 Å². The van der Waals surface area contributed by atoms with Gasteiger partial charge in [-0.3, -0.25) is 0 Å². The molecule has 0 heterocycles. The summed E-state index contributed by atoms with van der Waals surface area (Å²) < 4.78 is 28.2. The summed E-state index contributed by atoms with van der Waals surface area (Å²) in [6.45, 7) is 3.41. The minimum absolute atomic E-state index is 0.122. The molecular weight excluding hydrogens is 362 g/mol. The van der Waals surface area contributed by atoms with Gasteiger partial charge in [0, 0.05) is 10.5 Å². The summed E-state index contributed by atoms with van der Waals surface area (Å²) in [6.07, 6.45) is 2.77. The molecule has 2 N–H and O–H groups in total. The van der Waals surface area contributed by atoms with Crippen molar-refractivity contribution in [1.82, 2.24) is 4.72 Å². The Morgan fingerprint density at radius 1 is 1.45 bits per heavy atom. The first-order valence-electron chi connectivity index (χ1n) is 6.23. The van der Waals surface area contributed by atoms with E-state index in [2.05, 4.69) is 20.7 Å². The first kappa shape index (κ1) is 18.0. The fourth-order valence-electron chi connectivity index (χ4n) is 1.76. The van der Waals surface area contributed by atoms with Crippen molar-refractivity contribution >= 4 is 37.7 Å². The number of thioether (sulfide) groups is 1. The molecule has 1 aromatic rings. The highest BCUT2D eigenvalue weighted by Crippen LogP contribution is 2.26. The van der Waals surface area contributed by atoms with Gasteiger partial charge < -0.3 is 5.11 Å². The zero-order valence-electron chi connectivity index (χ0n) is 11.8. The molecule has 0 saturated carbocycles. The molecule has 0 aliphatic carbocycles. The molecule has 0 bridgehead atoms. The summed E-state index contributed by atoms with van der Waals surface area (Å²) in [5, 5.41) is 9.20. The van der Waals surface area contributed by atoms with Gasteiger partial charge in [0.1, 0.15) is 0 Å². The van der Waals surface area contributed by atoms with Crippen molar-refractivity contribution in [3.63, 3.8) is 0 Å². The van der Waals surface area contributed by atoms with Crippen LogP contribution in [0, 0.1) is 6.92 Å². The summed E-state index contributed by atoms with van der Waals surface area (Å²) in [5.74, 6) is 0.906. The van der Waals surface area contributed by atoms with Crippen molar-refractivity contribution in [2.24, 2.45) is 0 Å². The molecule has 0 aliphatic heterocycles. The van der Waals surface area contributed by atoms with Crippen LogP contribution >= 0.6 is 27.7 Å². The van der Waals surface area contributed by atoms with Crippen LogP contribution in [0.2, 0.25) is 0 Å². The lowest BCUT2D eigenvalue weighted by Crippen LogP contribution is -2.33. The van der Waals surface area contributed by atoms with Crippen LogP contribution in [0.15, 0.2) is 21.5 Å². The second-order valence-electron chi connectivity index (χ2n) is 4.66. The van der Waals surface area contributed by atoms with Crippen molar-refractivity contribution in [3.05, 3.63) is 27.7 Å². The van der Waals surface area contributed by atoms with Gasteiger partial charge in [0.2, 0.25) is 10.0 Å². The van der Waals surface area contributed by atoms with E-state index in [0.29, 0.717) is 15.6 Å². The van der Waals surface area contributed by atoms with Gasteiger partial charge in [-0.1, -0.05) is 15.9 Å². The van der Waals surface area contributed by atoms with Gasteiger partial charge in [-0.05, 0) is 55.5 Å². The molecule has 4 nitrogen and oxygen atoms in total. The highest BCUT2D eigenvalue weighted by molar-refractivity contribution is 9.10. The summed E-state index contributed by atoms with van der Waals surface area (Å²) >= 11 is 5.02. The molecule has 0 aromatic heterocycles. The van der Waals surface area contributed by atoms with Gasteiger partial charge >= 0.3 is 0 Å². The Kier molecular flexibility index (Phi) is 7.00. The average Bonchev–Trinajstić information content (AvgIpc) is 2.38. The molecule has 0 spiro atoms. The number of aliphatic hydroxyl groups is 1. The number of aliphatic hydroxyl groups excluding tert-OH is 1. The van der Waals surface area contributed by atoms with Crippen molar-refractivity contribution < 1.29 is 13.5 Å². The fourth-order valence-corrected chi connectivity index (χ4v) is 4.58. The van der Waals surface area contributed by atoms with Crippen LogP contribution in [-0.2, 0) is 16.6 Å². The molecule has 1 rings (SSSR count). The number of rotatable bonds is 7. The molecule has 114 valence electrons. The van der Waals surface area contributed by atoms with Crippen LogP contribution in [0.1, 0.15) is 24.5 Å². The lowest BCUT2D eigenvalue weighted by molar-refractivity contribution is 0.281. The predicted molar refractivity (Wildman–Crippen MR) is 87.6 cm³/mol. The molecule has 7 heteroatoms. The molecule has 1 atom stereocenters. The van der Waals surface area contributed by atoms with Crippen molar-refractivity contribution in [2.45, 2.75) is 37.8 Å². The van der Waals surface area contributed by atoms with Crippen molar-refractivity contribution in [3.8, 4) is 0 Å². The number of hydrogen-bond acceptors (Lipinski definition) is 4. The van der Waals surface area contributed by atoms with E-state index in [-0.39, 0.29) is 17.5 Å². The molecule has 0 radical (unpaired) electrons. The lowest BCUT2D eigenvalue weighted by atomic mass is 10.2. The van der Waals surface area contributed by atoms with Crippen LogP contribution < -0.4 is 4.72 Å². The van der Waals surface area contributed by atoms with Gasteiger partial charge in [0.05, 0.1) is 11.5 Å². The standard InChI is InChI=1S/C13H20BrNO3S2/c1-9(4-5-19-3)15-20(17,18)13-7-11(8-16)6-12(14)10(13)2/h6-7,9,15-16H,4-5,8H2,1-3H3. The highest BCUT2D eigenvalue weighted by atomic mass is 79.9. The maximum absolute atomic E-state index is 12.4. The molecule has 0 amide bonds. The molecule has 0 fully saturated rings. The second-order valence-corrected chi connectivity index (χ2v) is 8.19.